The molecule has 0 aromatic carbocycles. The van der Waals surface area contributed by atoms with Crippen molar-refractivity contribution in [3.63, 3.8) is 0 Å². The number of hydrogen-bond donors (Lipinski definition) is 0. The molecule has 1 rings (SSSR count). The van der Waals surface area contributed by atoms with E-state index in [1.54, 1.807) is 13.1 Å². The van der Waals surface area contributed by atoms with Gasteiger partial charge in [-0.15, -0.1) is 0 Å². The number of pyridine rings is 1. The summed E-state index contributed by atoms with van der Waals surface area (Å²) in [5, 5.41) is 0.966. The van der Waals surface area contributed by atoms with Crippen molar-refractivity contribution in [2.75, 3.05) is 0 Å². The SMILES string of the molecule is CC(=O)SSc1ccccn1. The molecule has 11 heavy (non-hydrogen) atoms. The van der Waals surface area contributed by atoms with E-state index in [2.05, 4.69) is 4.98 Å². The first-order chi connectivity index (χ1) is 5.29. The summed E-state index contributed by atoms with van der Waals surface area (Å²) >= 11 is 0. The number of nitrogens with zero attached hydrogens (tertiary/aromatic N) is 1. The van der Waals surface area contributed by atoms with Crippen LogP contribution >= 0.6 is 21.6 Å². The molecule has 1 aromatic heterocycles. The fourth-order valence-electron chi connectivity index (χ4n) is 0.498. The van der Waals surface area contributed by atoms with Gasteiger partial charge in [-0.2, -0.15) is 0 Å². The van der Waals surface area contributed by atoms with Crippen LogP contribution < -0.4 is 0 Å². The number of hydrogen-bond acceptors (Lipinski definition) is 4. The van der Waals surface area contributed by atoms with E-state index in [-0.39, 0.29) is 5.12 Å². The Labute approximate surface area is 73.2 Å². The van der Waals surface area contributed by atoms with Crippen LogP contribution in [-0.2, 0) is 4.79 Å². The summed E-state index contributed by atoms with van der Waals surface area (Å²) < 4.78 is 0. The van der Waals surface area contributed by atoms with Crippen LogP contribution in [0.15, 0.2) is 29.4 Å². The van der Waals surface area contributed by atoms with Crippen LogP contribution in [0, 0.1) is 0 Å². The molecule has 0 amide bonds. The second kappa shape index (κ2) is 4.41. The van der Waals surface area contributed by atoms with Gasteiger partial charge in [0.2, 0.25) is 0 Å². The minimum absolute atomic E-state index is 0.0978. The van der Waals surface area contributed by atoms with Gasteiger partial charge in [0.25, 0.3) is 0 Å². The van der Waals surface area contributed by atoms with Crippen molar-refractivity contribution in [3.05, 3.63) is 24.4 Å². The molecule has 0 saturated carbocycles. The molecule has 0 saturated heterocycles. The van der Waals surface area contributed by atoms with Crippen LogP contribution in [0.5, 0.6) is 0 Å². The molecule has 0 N–H and O–H groups in total. The highest BCUT2D eigenvalue weighted by atomic mass is 33.1. The van der Waals surface area contributed by atoms with Crippen LogP contribution in [0.3, 0.4) is 0 Å². The van der Waals surface area contributed by atoms with E-state index in [0.717, 1.165) is 5.03 Å². The molecule has 1 heterocycles. The lowest BCUT2D eigenvalue weighted by Gasteiger charge is -1.93. The summed E-state index contributed by atoms with van der Waals surface area (Å²) in [5.74, 6) is 0. The van der Waals surface area contributed by atoms with Gasteiger partial charge in [-0.25, -0.2) is 4.98 Å². The second-order valence-electron chi connectivity index (χ2n) is 1.83. The van der Waals surface area contributed by atoms with Crippen molar-refractivity contribution in [2.45, 2.75) is 11.9 Å². The summed E-state index contributed by atoms with van der Waals surface area (Å²) in [5.41, 5.74) is 0. The number of rotatable bonds is 2. The van der Waals surface area contributed by atoms with Crippen LogP contribution in [0.1, 0.15) is 6.92 Å². The minimum Gasteiger partial charge on any atom is -0.287 e. The van der Waals surface area contributed by atoms with Gasteiger partial charge in [0.05, 0.1) is 0 Å². The fourth-order valence-corrected chi connectivity index (χ4v) is 1.84. The molecule has 4 heteroatoms. The molecule has 0 aliphatic carbocycles. The third kappa shape index (κ3) is 3.43. The Balaban J connectivity index is 2.45. The maximum Gasteiger partial charge on any atom is 0.196 e. The summed E-state index contributed by atoms with van der Waals surface area (Å²) in [6, 6.07) is 5.62. The zero-order valence-corrected chi connectivity index (χ0v) is 7.61. The zero-order chi connectivity index (χ0) is 8.10. The van der Waals surface area contributed by atoms with E-state index in [1.165, 1.54) is 21.6 Å². The van der Waals surface area contributed by atoms with Crippen molar-refractivity contribution in [1.82, 2.24) is 4.98 Å². The normalized spacial score (nSPS) is 9.55. The van der Waals surface area contributed by atoms with Crippen molar-refractivity contribution < 1.29 is 4.79 Å². The monoisotopic (exact) mass is 185 g/mol. The van der Waals surface area contributed by atoms with Crippen LogP contribution in [0.25, 0.3) is 0 Å². The summed E-state index contributed by atoms with van der Waals surface area (Å²) in [7, 11) is 2.58. The number of carbonyl (C=O) groups is 1. The Morgan fingerprint density at radius 2 is 2.36 bits per heavy atom. The largest absolute Gasteiger partial charge is 0.287 e. The van der Waals surface area contributed by atoms with E-state index < -0.39 is 0 Å². The number of carbonyl (C=O) groups excluding carboxylic acids is 1. The first kappa shape index (κ1) is 8.62. The van der Waals surface area contributed by atoms with Gasteiger partial charge >= 0.3 is 0 Å². The maximum atomic E-state index is 10.5. The molecule has 1 aromatic rings. The smallest absolute Gasteiger partial charge is 0.196 e. The first-order valence-electron chi connectivity index (χ1n) is 3.05. The quantitative estimate of drug-likeness (QED) is 0.662. The molecule has 0 aliphatic rings. The Bertz CT molecular complexity index is 237. The van der Waals surface area contributed by atoms with Crippen LogP contribution in [0.4, 0.5) is 0 Å². The lowest BCUT2D eigenvalue weighted by atomic mass is 10.5. The molecular weight excluding hydrogens is 178 g/mol. The second-order valence-corrected chi connectivity index (χ2v) is 4.15. The zero-order valence-electron chi connectivity index (χ0n) is 5.98. The Morgan fingerprint density at radius 3 is 2.91 bits per heavy atom. The summed E-state index contributed by atoms with van der Waals surface area (Å²) in [4.78, 5) is 14.6. The van der Waals surface area contributed by atoms with Gasteiger partial charge in [-0.3, -0.25) is 4.79 Å². The minimum atomic E-state index is 0.0978. The molecule has 0 unspecified atom stereocenters. The van der Waals surface area contributed by atoms with E-state index >= 15 is 0 Å². The van der Waals surface area contributed by atoms with Crippen LogP contribution in [-0.4, -0.2) is 10.1 Å². The van der Waals surface area contributed by atoms with Gasteiger partial charge in [-0.1, -0.05) is 6.07 Å². The maximum absolute atomic E-state index is 10.5. The van der Waals surface area contributed by atoms with E-state index in [9.17, 15) is 4.79 Å². The van der Waals surface area contributed by atoms with Gasteiger partial charge in [0.15, 0.2) is 5.12 Å². The Morgan fingerprint density at radius 1 is 1.55 bits per heavy atom. The molecule has 0 radical (unpaired) electrons. The van der Waals surface area contributed by atoms with Gasteiger partial charge in [0, 0.05) is 13.1 Å². The molecule has 0 atom stereocenters. The molecule has 58 valence electrons. The van der Waals surface area contributed by atoms with Crippen molar-refractivity contribution in [2.24, 2.45) is 0 Å². The molecule has 2 nitrogen and oxygen atoms in total. The predicted molar refractivity (Wildman–Crippen MR) is 48.4 cm³/mol. The standard InChI is InChI=1S/C7H7NOS2/c1-6(9)10-11-7-4-2-3-5-8-7/h2-5H,1H3. The lowest BCUT2D eigenvalue weighted by Crippen LogP contribution is -1.77. The van der Waals surface area contributed by atoms with Gasteiger partial charge in [-0.05, 0) is 33.7 Å². The van der Waals surface area contributed by atoms with Gasteiger partial charge < -0.3 is 0 Å². The lowest BCUT2D eigenvalue weighted by molar-refractivity contribution is -0.109. The van der Waals surface area contributed by atoms with E-state index in [4.69, 9.17) is 0 Å². The first-order valence-corrected chi connectivity index (χ1v) is 5.20. The molecule has 0 spiro atoms. The topological polar surface area (TPSA) is 30.0 Å². The predicted octanol–water partition coefficient (Wildman–Crippen LogP) is 2.37. The van der Waals surface area contributed by atoms with E-state index in [0.29, 0.717) is 0 Å². The van der Waals surface area contributed by atoms with Crippen molar-refractivity contribution in [3.8, 4) is 0 Å². The van der Waals surface area contributed by atoms with Gasteiger partial charge in [0.1, 0.15) is 5.03 Å². The third-order valence-corrected chi connectivity index (χ3v) is 3.08. The molecule has 0 bridgehead atoms. The average Bonchev–Trinajstić information content (AvgIpc) is 2.03. The molecule has 0 aliphatic heterocycles. The van der Waals surface area contributed by atoms with Crippen LogP contribution in [0.2, 0.25) is 0 Å². The van der Waals surface area contributed by atoms with E-state index in [1.807, 2.05) is 18.2 Å². The third-order valence-electron chi connectivity index (χ3n) is 0.882. The highest BCUT2D eigenvalue weighted by Crippen LogP contribution is 2.28. The average molecular weight is 185 g/mol. The highest BCUT2D eigenvalue weighted by Gasteiger charge is 1.97. The Hall–Kier alpha value is -0.480. The molecular formula is C7H7NOS2. The Kier molecular flexibility index (Phi) is 3.45. The fraction of sp³-hybridized carbons (Fsp3) is 0.143. The molecule has 0 fully saturated rings. The van der Waals surface area contributed by atoms with Crippen molar-refractivity contribution in [1.29, 1.82) is 0 Å². The summed E-state index contributed by atoms with van der Waals surface area (Å²) in [6.45, 7) is 1.54. The number of aromatic nitrogens is 1. The highest BCUT2D eigenvalue weighted by molar-refractivity contribution is 8.82. The summed E-state index contributed by atoms with van der Waals surface area (Å²) in [6.07, 6.45) is 1.71. The van der Waals surface area contributed by atoms with Crippen molar-refractivity contribution >= 4 is 26.7 Å².